The average Bonchev–Trinajstić information content (AvgIpc) is 2.53. The molecule has 0 radical (unpaired) electrons. The highest BCUT2D eigenvalue weighted by molar-refractivity contribution is 5.24. The fourth-order valence-corrected chi connectivity index (χ4v) is 3.00. The van der Waals surface area contributed by atoms with Crippen molar-refractivity contribution in [1.29, 1.82) is 5.26 Å². The Labute approximate surface area is 115 Å². The van der Waals surface area contributed by atoms with Gasteiger partial charge in [-0.25, -0.2) is 0 Å². The molecule has 2 rings (SSSR count). The molecule has 0 amide bonds. The smallest absolute Gasteiger partial charge is 0.138 e. The van der Waals surface area contributed by atoms with Crippen LogP contribution >= 0.6 is 0 Å². The van der Waals surface area contributed by atoms with E-state index in [2.05, 4.69) is 23.5 Å². The Bertz CT molecular complexity index is 487. The van der Waals surface area contributed by atoms with Gasteiger partial charge in [0, 0.05) is 13.0 Å². The summed E-state index contributed by atoms with van der Waals surface area (Å²) in [4.78, 5) is 0. The summed E-state index contributed by atoms with van der Waals surface area (Å²) in [6.45, 7) is 8.74. The number of nitriles is 1. The van der Waals surface area contributed by atoms with Crippen LogP contribution in [-0.4, -0.2) is 16.7 Å². The number of nitrogens with one attached hydrogen (secondary N) is 1. The van der Waals surface area contributed by atoms with Crippen LogP contribution in [-0.2, 0) is 11.3 Å². The summed E-state index contributed by atoms with van der Waals surface area (Å²) in [7, 11) is 0. The van der Waals surface area contributed by atoms with Crippen LogP contribution in [0, 0.1) is 11.3 Å². The van der Waals surface area contributed by atoms with Gasteiger partial charge in [-0.15, -0.1) is 0 Å². The third-order valence-electron chi connectivity index (χ3n) is 3.88. The molecule has 1 aromatic rings. The second-order valence-corrected chi connectivity index (χ2v) is 6.41. The molecule has 0 saturated carbocycles. The van der Waals surface area contributed by atoms with E-state index in [4.69, 9.17) is 4.74 Å². The molecule has 1 saturated heterocycles. The Hall–Kier alpha value is -1.37. The van der Waals surface area contributed by atoms with Crippen LogP contribution < -0.4 is 5.32 Å². The van der Waals surface area contributed by atoms with Gasteiger partial charge in [-0.1, -0.05) is 30.3 Å². The van der Waals surface area contributed by atoms with Gasteiger partial charge in [0.15, 0.2) is 0 Å². The maximum absolute atomic E-state index is 9.67. The number of ether oxygens (including phenoxy) is 1. The molecule has 0 aromatic heterocycles. The first-order chi connectivity index (χ1) is 8.80. The minimum absolute atomic E-state index is 0.275. The van der Waals surface area contributed by atoms with Crippen LogP contribution in [0.15, 0.2) is 30.3 Å². The maximum atomic E-state index is 9.67. The number of nitrogens with zero attached hydrogens (tertiary/aromatic N) is 1. The van der Waals surface area contributed by atoms with E-state index < -0.39 is 11.1 Å². The molecule has 1 fully saturated rings. The largest absolute Gasteiger partial charge is 0.367 e. The molecular formula is C16H22N2O. The molecule has 0 bridgehead atoms. The topological polar surface area (TPSA) is 45.0 Å². The Morgan fingerprint density at radius 2 is 1.84 bits per heavy atom. The van der Waals surface area contributed by atoms with Gasteiger partial charge in [0.2, 0.25) is 0 Å². The molecule has 0 spiro atoms. The highest BCUT2D eigenvalue weighted by Crippen LogP contribution is 2.44. The van der Waals surface area contributed by atoms with E-state index in [1.807, 2.05) is 45.9 Å². The molecule has 1 unspecified atom stereocenters. The first-order valence-corrected chi connectivity index (χ1v) is 6.71. The van der Waals surface area contributed by atoms with Gasteiger partial charge in [0.05, 0.1) is 17.3 Å². The zero-order valence-electron chi connectivity index (χ0n) is 12.2. The third kappa shape index (κ3) is 2.65. The second kappa shape index (κ2) is 4.63. The Balaban J connectivity index is 2.18. The standard InChI is InChI=1S/C16H22N2O/c1-14(2)11-16(12-17,15(3,4)19-14)18-10-13-8-6-5-7-9-13/h5-9,18H,10-11H2,1-4H3. The highest BCUT2D eigenvalue weighted by Gasteiger charge is 2.57. The molecule has 1 aliphatic heterocycles. The SMILES string of the molecule is CC1(C)CC(C#N)(NCc2ccccc2)C(C)(C)O1. The molecule has 1 aliphatic rings. The molecule has 19 heavy (non-hydrogen) atoms. The van der Waals surface area contributed by atoms with Gasteiger partial charge < -0.3 is 4.74 Å². The fourth-order valence-electron chi connectivity index (χ4n) is 3.00. The van der Waals surface area contributed by atoms with Gasteiger partial charge in [0.25, 0.3) is 0 Å². The van der Waals surface area contributed by atoms with Crippen molar-refractivity contribution in [2.75, 3.05) is 0 Å². The van der Waals surface area contributed by atoms with Gasteiger partial charge in [-0.3, -0.25) is 5.32 Å². The normalized spacial score (nSPS) is 27.9. The minimum atomic E-state index is -0.646. The van der Waals surface area contributed by atoms with Crippen molar-refractivity contribution in [3.63, 3.8) is 0 Å². The number of rotatable bonds is 3. The number of hydrogen-bond donors (Lipinski definition) is 1. The van der Waals surface area contributed by atoms with Crippen molar-refractivity contribution >= 4 is 0 Å². The van der Waals surface area contributed by atoms with E-state index in [9.17, 15) is 5.26 Å². The lowest BCUT2D eigenvalue weighted by molar-refractivity contribution is -0.0767. The highest BCUT2D eigenvalue weighted by atomic mass is 16.5. The van der Waals surface area contributed by atoms with Crippen LogP contribution in [0.3, 0.4) is 0 Å². The summed E-state index contributed by atoms with van der Waals surface area (Å²) in [5, 5.41) is 13.1. The zero-order chi connectivity index (χ0) is 14.1. The monoisotopic (exact) mass is 258 g/mol. The lowest BCUT2D eigenvalue weighted by Crippen LogP contribution is -2.55. The fraction of sp³-hybridized carbons (Fsp3) is 0.562. The Morgan fingerprint density at radius 3 is 2.32 bits per heavy atom. The Kier molecular flexibility index (Phi) is 3.42. The van der Waals surface area contributed by atoms with Crippen LogP contribution in [0.25, 0.3) is 0 Å². The number of benzene rings is 1. The van der Waals surface area contributed by atoms with Gasteiger partial charge in [-0.2, -0.15) is 5.26 Å². The molecule has 3 nitrogen and oxygen atoms in total. The van der Waals surface area contributed by atoms with Crippen molar-refractivity contribution in [1.82, 2.24) is 5.32 Å². The molecule has 0 aliphatic carbocycles. The summed E-state index contributed by atoms with van der Waals surface area (Å²) in [5.41, 5.74) is -0.243. The van der Waals surface area contributed by atoms with Crippen LogP contribution in [0.4, 0.5) is 0 Å². The summed E-state index contributed by atoms with van der Waals surface area (Å²) in [6, 6.07) is 12.6. The quantitative estimate of drug-likeness (QED) is 0.906. The maximum Gasteiger partial charge on any atom is 0.138 e. The van der Waals surface area contributed by atoms with E-state index in [0.29, 0.717) is 13.0 Å². The summed E-state index contributed by atoms with van der Waals surface area (Å²) < 4.78 is 6.05. The Morgan fingerprint density at radius 1 is 1.21 bits per heavy atom. The van der Waals surface area contributed by atoms with Crippen molar-refractivity contribution < 1.29 is 4.74 Å². The molecule has 1 atom stereocenters. The van der Waals surface area contributed by atoms with Gasteiger partial charge >= 0.3 is 0 Å². The first kappa shape index (κ1) is 14.0. The third-order valence-corrected chi connectivity index (χ3v) is 3.88. The zero-order valence-corrected chi connectivity index (χ0v) is 12.2. The van der Waals surface area contributed by atoms with Crippen molar-refractivity contribution in [3.8, 4) is 6.07 Å². The van der Waals surface area contributed by atoms with Crippen molar-refractivity contribution in [2.45, 2.75) is 57.4 Å². The second-order valence-electron chi connectivity index (χ2n) is 6.41. The summed E-state index contributed by atoms with van der Waals surface area (Å²) >= 11 is 0. The predicted molar refractivity (Wildman–Crippen MR) is 75.5 cm³/mol. The molecular weight excluding hydrogens is 236 g/mol. The average molecular weight is 258 g/mol. The molecule has 1 N–H and O–H groups in total. The van der Waals surface area contributed by atoms with Crippen LogP contribution in [0.5, 0.6) is 0 Å². The van der Waals surface area contributed by atoms with Crippen molar-refractivity contribution in [3.05, 3.63) is 35.9 Å². The summed E-state index contributed by atoms with van der Waals surface area (Å²) in [6.07, 6.45) is 0.691. The van der Waals surface area contributed by atoms with Gasteiger partial charge in [-0.05, 0) is 33.3 Å². The van der Waals surface area contributed by atoms with E-state index in [1.54, 1.807) is 0 Å². The molecule has 1 aromatic carbocycles. The minimum Gasteiger partial charge on any atom is -0.367 e. The van der Waals surface area contributed by atoms with Crippen LogP contribution in [0.2, 0.25) is 0 Å². The number of hydrogen-bond acceptors (Lipinski definition) is 3. The first-order valence-electron chi connectivity index (χ1n) is 6.71. The summed E-state index contributed by atoms with van der Waals surface area (Å²) in [5.74, 6) is 0. The molecule has 102 valence electrons. The van der Waals surface area contributed by atoms with Gasteiger partial charge in [0.1, 0.15) is 5.54 Å². The van der Waals surface area contributed by atoms with E-state index in [1.165, 1.54) is 5.56 Å². The van der Waals surface area contributed by atoms with E-state index in [-0.39, 0.29) is 5.60 Å². The predicted octanol–water partition coefficient (Wildman–Crippen LogP) is 3.02. The molecule has 1 heterocycles. The van der Waals surface area contributed by atoms with Crippen molar-refractivity contribution in [2.24, 2.45) is 0 Å². The molecule has 3 heteroatoms. The van der Waals surface area contributed by atoms with Crippen LogP contribution in [0.1, 0.15) is 39.7 Å². The van der Waals surface area contributed by atoms with E-state index in [0.717, 1.165) is 0 Å². The lowest BCUT2D eigenvalue weighted by Gasteiger charge is -2.34. The lowest BCUT2D eigenvalue weighted by atomic mass is 9.80. The van der Waals surface area contributed by atoms with E-state index >= 15 is 0 Å².